The summed E-state index contributed by atoms with van der Waals surface area (Å²) in [6.07, 6.45) is 1.53. The molecule has 1 rings (SSSR count). The molecular weight excluding hydrogens is 266 g/mol. The van der Waals surface area contributed by atoms with Crippen LogP contribution in [0.5, 0.6) is 0 Å². The molecule has 0 atom stereocenters. The summed E-state index contributed by atoms with van der Waals surface area (Å²) in [7, 11) is 0. The molecule has 0 aliphatic carbocycles. The number of rotatable bonds is 5. The Balaban J connectivity index is 2.67. The lowest BCUT2D eigenvalue weighted by Gasteiger charge is -2.26. The van der Waals surface area contributed by atoms with Gasteiger partial charge in [-0.05, 0) is 43.5 Å². The number of halogens is 1. The highest BCUT2D eigenvalue weighted by Crippen LogP contribution is 2.21. The fourth-order valence-corrected chi connectivity index (χ4v) is 2.21. The number of hydrogen-bond acceptors (Lipinski definition) is 2. The highest BCUT2D eigenvalue weighted by Gasteiger charge is 2.21. The molecule has 0 heterocycles. The Bertz CT molecular complexity index is 328. The van der Waals surface area contributed by atoms with E-state index in [0.717, 1.165) is 23.0 Å². The van der Waals surface area contributed by atoms with Crippen molar-refractivity contribution in [3.63, 3.8) is 0 Å². The van der Waals surface area contributed by atoms with Crippen molar-refractivity contribution in [2.75, 3.05) is 11.9 Å². The first kappa shape index (κ1) is 13.5. The van der Waals surface area contributed by atoms with Gasteiger partial charge < -0.3 is 10.4 Å². The van der Waals surface area contributed by atoms with E-state index in [2.05, 4.69) is 40.3 Å². The molecule has 2 N–H and O–H groups in total. The molecular formula is C13H20BrNO. The maximum atomic E-state index is 10.2. The molecule has 0 amide bonds. The number of aliphatic hydroxyl groups is 1. The van der Waals surface area contributed by atoms with Crippen molar-refractivity contribution in [3.05, 3.63) is 28.2 Å². The van der Waals surface area contributed by atoms with Gasteiger partial charge in [0, 0.05) is 16.7 Å². The first-order valence-electron chi connectivity index (χ1n) is 5.72. The van der Waals surface area contributed by atoms with Gasteiger partial charge in [0.25, 0.3) is 0 Å². The van der Waals surface area contributed by atoms with E-state index < -0.39 is 5.60 Å². The molecule has 0 aliphatic heterocycles. The van der Waals surface area contributed by atoms with E-state index in [4.69, 9.17) is 0 Å². The molecule has 3 heteroatoms. The van der Waals surface area contributed by atoms with E-state index in [1.54, 1.807) is 0 Å². The van der Waals surface area contributed by atoms with Crippen molar-refractivity contribution in [1.82, 2.24) is 0 Å². The van der Waals surface area contributed by atoms with Crippen molar-refractivity contribution in [2.45, 2.75) is 39.2 Å². The minimum Gasteiger partial charge on any atom is -0.388 e. The van der Waals surface area contributed by atoms with E-state index in [1.807, 2.05) is 19.9 Å². The largest absolute Gasteiger partial charge is 0.388 e. The number of hydrogen-bond donors (Lipinski definition) is 2. The minimum atomic E-state index is -0.601. The lowest BCUT2D eigenvalue weighted by molar-refractivity contribution is 0.0457. The van der Waals surface area contributed by atoms with E-state index in [1.165, 1.54) is 5.56 Å². The SMILES string of the molecule is CCC(O)(CC)CNc1cc(C)cc(Br)c1. The van der Waals surface area contributed by atoms with Gasteiger partial charge in [0.1, 0.15) is 0 Å². The molecule has 0 radical (unpaired) electrons. The molecule has 0 saturated heterocycles. The molecule has 0 fully saturated rings. The molecule has 1 aromatic rings. The van der Waals surface area contributed by atoms with Crippen LogP contribution in [-0.4, -0.2) is 17.3 Å². The van der Waals surface area contributed by atoms with Crippen LogP contribution in [0.15, 0.2) is 22.7 Å². The molecule has 1 aromatic carbocycles. The van der Waals surface area contributed by atoms with Crippen LogP contribution in [0, 0.1) is 6.92 Å². The lowest BCUT2D eigenvalue weighted by atomic mass is 9.97. The van der Waals surface area contributed by atoms with Crippen LogP contribution in [0.4, 0.5) is 5.69 Å². The Morgan fingerprint density at radius 2 is 1.88 bits per heavy atom. The lowest BCUT2D eigenvalue weighted by Crippen LogP contribution is -2.35. The predicted octanol–water partition coefficient (Wildman–Crippen LogP) is 3.72. The number of benzene rings is 1. The maximum absolute atomic E-state index is 10.2. The second kappa shape index (κ2) is 5.69. The number of nitrogens with one attached hydrogen (secondary N) is 1. The zero-order valence-electron chi connectivity index (χ0n) is 10.2. The molecule has 0 bridgehead atoms. The van der Waals surface area contributed by atoms with Crippen LogP contribution in [0.1, 0.15) is 32.3 Å². The monoisotopic (exact) mass is 285 g/mol. The summed E-state index contributed by atoms with van der Waals surface area (Å²) in [6.45, 7) is 6.67. The summed E-state index contributed by atoms with van der Waals surface area (Å²) < 4.78 is 1.06. The average Bonchev–Trinajstić information content (AvgIpc) is 2.25. The summed E-state index contributed by atoms with van der Waals surface area (Å²) in [5.74, 6) is 0. The van der Waals surface area contributed by atoms with Crippen LogP contribution in [-0.2, 0) is 0 Å². The Morgan fingerprint density at radius 1 is 1.25 bits per heavy atom. The standard InChI is InChI=1S/C13H20BrNO/c1-4-13(16,5-2)9-15-12-7-10(3)6-11(14)8-12/h6-8,15-16H,4-5,9H2,1-3H3. The van der Waals surface area contributed by atoms with Gasteiger partial charge in [-0.15, -0.1) is 0 Å². The zero-order chi connectivity index (χ0) is 12.2. The zero-order valence-corrected chi connectivity index (χ0v) is 11.8. The van der Waals surface area contributed by atoms with E-state index >= 15 is 0 Å². The van der Waals surface area contributed by atoms with Gasteiger partial charge in [-0.3, -0.25) is 0 Å². The van der Waals surface area contributed by atoms with Gasteiger partial charge in [-0.2, -0.15) is 0 Å². The van der Waals surface area contributed by atoms with Crippen molar-refractivity contribution < 1.29 is 5.11 Å². The maximum Gasteiger partial charge on any atom is 0.0814 e. The fourth-order valence-electron chi connectivity index (χ4n) is 1.60. The first-order valence-corrected chi connectivity index (χ1v) is 6.52. The molecule has 0 saturated carbocycles. The fraction of sp³-hybridized carbons (Fsp3) is 0.538. The van der Waals surface area contributed by atoms with E-state index in [0.29, 0.717) is 6.54 Å². The Hall–Kier alpha value is -0.540. The third kappa shape index (κ3) is 3.80. The van der Waals surface area contributed by atoms with Gasteiger partial charge in [0.2, 0.25) is 0 Å². The summed E-state index contributed by atoms with van der Waals surface area (Å²) >= 11 is 3.47. The predicted molar refractivity (Wildman–Crippen MR) is 72.9 cm³/mol. The summed E-state index contributed by atoms with van der Waals surface area (Å²) in [5.41, 5.74) is 1.65. The van der Waals surface area contributed by atoms with Gasteiger partial charge in [0.05, 0.1) is 5.60 Å². The molecule has 0 spiro atoms. The van der Waals surface area contributed by atoms with Crippen LogP contribution in [0.2, 0.25) is 0 Å². The Morgan fingerprint density at radius 3 is 2.38 bits per heavy atom. The summed E-state index contributed by atoms with van der Waals surface area (Å²) in [6, 6.07) is 6.17. The molecule has 2 nitrogen and oxygen atoms in total. The molecule has 0 aliphatic rings. The van der Waals surface area contributed by atoms with Crippen molar-refractivity contribution in [3.8, 4) is 0 Å². The first-order chi connectivity index (χ1) is 7.49. The van der Waals surface area contributed by atoms with Crippen LogP contribution in [0.3, 0.4) is 0 Å². The van der Waals surface area contributed by atoms with Crippen molar-refractivity contribution in [2.24, 2.45) is 0 Å². The summed E-state index contributed by atoms with van der Waals surface area (Å²) in [5, 5.41) is 13.4. The normalized spacial score (nSPS) is 11.6. The van der Waals surface area contributed by atoms with Gasteiger partial charge in [0.15, 0.2) is 0 Å². The van der Waals surface area contributed by atoms with Crippen LogP contribution < -0.4 is 5.32 Å². The highest BCUT2D eigenvalue weighted by molar-refractivity contribution is 9.10. The van der Waals surface area contributed by atoms with Crippen LogP contribution in [0.25, 0.3) is 0 Å². The summed E-state index contributed by atoms with van der Waals surface area (Å²) in [4.78, 5) is 0. The topological polar surface area (TPSA) is 32.3 Å². The smallest absolute Gasteiger partial charge is 0.0814 e. The quantitative estimate of drug-likeness (QED) is 0.864. The minimum absolute atomic E-state index is 0.593. The van der Waals surface area contributed by atoms with Gasteiger partial charge in [-0.1, -0.05) is 29.8 Å². The van der Waals surface area contributed by atoms with Gasteiger partial charge >= 0.3 is 0 Å². The molecule has 90 valence electrons. The number of aryl methyl sites for hydroxylation is 1. The second-order valence-electron chi connectivity index (χ2n) is 4.30. The van der Waals surface area contributed by atoms with Crippen LogP contribution >= 0.6 is 15.9 Å². The van der Waals surface area contributed by atoms with E-state index in [-0.39, 0.29) is 0 Å². The molecule has 16 heavy (non-hydrogen) atoms. The molecule has 0 unspecified atom stereocenters. The number of anilines is 1. The second-order valence-corrected chi connectivity index (χ2v) is 5.22. The Kier molecular flexibility index (Phi) is 4.81. The third-order valence-corrected chi connectivity index (χ3v) is 3.44. The average molecular weight is 286 g/mol. The Labute approximate surface area is 106 Å². The third-order valence-electron chi connectivity index (χ3n) is 2.98. The molecule has 0 aromatic heterocycles. The van der Waals surface area contributed by atoms with Crippen molar-refractivity contribution in [1.29, 1.82) is 0 Å². The van der Waals surface area contributed by atoms with Gasteiger partial charge in [-0.25, -0.2) is 0 Å². The van der Waals surface area contributed by atoms with E-state index in [9.17, 15) is 5.11 Å². The highest BCUT2D eigenvalue weighted by atomic mass is 79.9. The van der Waals surface area contributed by atoms with Crippen molar-refractivity contribution >= 4 is 21.6 Å².